The second-order valence-corrected chi connectivity index (χ2v) is 10.8. The normalized spacial score (nSPS) is 11.3. The van der Waals surface area contributed by atoms with Crippen molar-refractivity contribution in [3.05, 3.63) is 95.2 Å². The van der Waals surface area contributed by atoms with Gasteiger partial charge in [0.25, 0.3) is 11.5 Å². The van der Waals surface area contributed by atoms with Crippen LogP contribution in [0.5, 0.6) is 0 Å². The lowest BCUT2D eigenvalue weighted by molar-refractivity contribution is -0.144. The van der Waals surface area contributed by atoms with E-state index in [1.807, 2.05) is 0 Å². The van der Waals surface area contributed by atoms with Gasteiger partial charge in [-0.25, -0.2) is 14.2 Å². The largest absolute Gasteiger partial charge is 0.459 e. The van der Waals surface area contributed by atoms with Crippen molar-refractivity contribution in [2.24, 2.45) is 7.05 Å². The highest BCUT2D eigenvalue weighted by Gasteiger charge is 2.35. The Kier molecular flexibility index (Phi) is 11.1. The number of carbonyl (C=O) groups is 2. The molecule has 8 nitrogen and oxygen atoms in total. The molecule has 3 rings (SSSR count). The molecule has 0 bridgehead atoms. The molecule has 1 amide bonds. The number of alkyl halides is 3. The summed E-state index contributed by atoms with van der Waals surface area (Å²) in [5, 5.41) is 3.52. The minimum absolute atomic E-state index is 0.0104. The number of hydrogen-bond donors (Lipinski definition) is 1. The molecule has 0 aliphatic carbocycles. The van der Waals surface area contributed by atoms with Crippen molar-refractivity contribution in [1.29, 1.82) is 0 Å². The fraction of sp³-hybridized carbons (Fsp3) is 0.286. The van der Waals surface area contributed by atoms with Crippen LogP contribution in [0.3, 0.4) is 0 Å². The number of esters is 1. The molecule has 1 heterocycles. The molecule has 0 aliphatic heterocycles. The molecule has 224 valence electrons. The van der Waals surface area contributed by atoms with Crippen LogP contribution in [0.1, 0.15) is 54.1 Å². The Labute approximate surface area is 254 Å². The highest BCUT2D eigenvalue weighted by atomic mass is 35.5. The second-order valence-electron chi connectivity index (χ2n) is 9.54. The van der Waals surface area contributed by atoms with E-state index in [1.165, 1.54) is 24.3 Å². The number of hydrogen-bond acceptors (Lipinski definition) is 5. The Morgan fingerprint density at radius 1 is 1.00 bits per heavy atom. The summed E-state index contributed by atoms with van der Waals surface area (Å²) in [6.07, 6.45) is -0.0279. The molecule has 0 saturated heterocycles. The smallest absolute Gasteiger partial charge is 0.431 e. The SMILES string of the molecule is C#CC(C)(C)NC(=O)c1cc(Cl)cc(Cl)c1.CC(C)OC(=O)c1cc(-n2c(=O)cc(C(F)(F)F)n(C)c2=O)ccc1Cl. The van der Waals surface area contributed by atoms with E-state index in [4.69, 9.17) is 46.0 Å². The van der Waals surface area contributed by atoms with E-state index in [0.717, 1.165) is 13.1 Å². The van der Waals surface area contributed by atoms with E-state index >= 15 is 0 Å². The first-order chi connectivity index (χ1) is 19.3. The summed E-state index contributed by atoms with van der Waals surface area (Å²) in [5.74, 6) is 1.39. The van der Waals surface area contributed by atoms with Crippen LogP contribution < -0.4 is 16.6 Å². The van der Waals surface area contributed by atoms with Crippen LogP contribution in [-0.2, 0) is 18.0 Å². The van der Waals surface area contributed by atoms with E-state index in [9.17, 15) is 32.3 Å². The predicted molar refractivity (Wildman–Crippen MR) is 155 cm³/mol. The van der Waals surface area contributed by atoms with Crippen LogP contribution in [0.25, 0.3) is 5.69 Å². The van der Waals surface area contributed by atoms with Crippen molar-refractivity contribution in [1.82, 2.24) is 14.5 Å². The van der Waals surface area contributed by atoms with Gasteiger partial charge in [0.05, 0.1) is 27.9 Å². The molecule has 42 heavy (non-hydrogen) atoms. The highest BCUT2D eigenvalue weighted by Crippen LogP contribution is 2.27. The number of aromatic nitrogens is 2. The Hall–Kier alpha value is -3.72. The second kappa shape index (κ2) is 13.5. The van der Waals surface area contributed by atoms with E-state index < -0.39 is 40.7 Å². The van der Waals surface area contributed by atoms with Crippen molar-refractivity contribution in [2.75, 3.05) is 0 Å². The average Bonchev–Trinajstić information content (AvgIpc) is 2.85. The molecule has 0 radical (unpaired) electrons. The van der Waals surface area contributed by atoms with E-state index in [2.05, 4.69) is 11.2 Å². The number of terminal acetylenes is 1. The topological polar surface area (TPSA) is 99.4 Å². The van der Waals surface area contributed by atoms with Gasteiger partial charge in [-0.1, -0.05) is 40.7 Å². The third-order valence-electron chi connectivity index (χ3n) is 5.29. The van der Waals surface area contributed by atoms with Crippen molar-refractivity contribution < 1.29 is 27.5 Å². The number of rotatable bonds is 5. The van der Waals surface area contributed by atoms with Crippen molar-refractivity contribution in [3.63, 3.8) is 0 Å². The molecular formula is C28H25Cl3F3N3O5. The van der Waals surface area contributed by atoms with Gasteiger partial charge in [0, 0.05) is 28.7 Å². The van der Waals surface area contributed by atoms with Crippen molar-refractivity contribution in [3.8, 4) is 18.0 Å². The quantitative estimate of drug-likeness (QED) is 0.275. The fourth-order valence-electron chi connectivity index (χ4n) is 3.30. The molecule has 0 unspecified atom stereocenters. The minimum Gasteiger partial charge on any atom is -0.459 e. The zero-order valence-corrected chi connectivity index (χ0v) is 25.2. The zero-order chi connectivity index (χ0) is 32.2. The molecule has 0 fully saturated rings. The number of halogens is 6. The van der Waals surface area contributed by atoms with Crippen LogP contribution in [0, 0.1) is 12.3 Å². The number of amides is 1. The molecule has 1 N–H and O–H groups in total. The van der Waals surface area contributed by atoms with Gasteiger partial charge >= 0.3 is 17.8 Å². The predicted octanol–water partition coefficient (Wildman–Crippen LogP) is 5.91. The maximum Gasteiger partial charge on any atom is 0.431 e. The fourth-order valence-corrected chi connectivity index (χ4v) is 4.02. The lowest BCUT2D eigenvalue weighted by Gasteiger charge is -2.19. The van der Waals surface area contributed by atoms with Crippen molar-refractivity contribution >= 4 is 46.7 Å². The summed E-state index contributed by atoms with van der Waals surface area (Å²) < 4.78 is 44.5. The summed E-state index contributed by atoms with van der Waals surface area (Å²) in [6.45, 7) is 6.70. The number of nitrogens with one attached hydrogen (secondary N) is 1. The zero-order valence-electron chi connectivity index (χ0n) is 22.9. The number of benzene rings is 2. The van der Waals surface area contributed by atoms with E-state index in [0.29, 0.717) is 30.8 Å². The molecular weight excluding hydrogens is 622 g/mol. The number of carbonyl (C=O) groups excluding carboxylic acids is 2. The summed E-state index contributed by atoms with van der Waals surface area (Å²) in [4.78, 5) is 48.2. The third kappa shape index (κ3) is 8.89. The lowest BCUT2D eigenvalue weighted by Crippen LogP contribution is -2.42. The van der Waals surface area contributed by atoms with Crippen LogP contribution in [-0.4, -0.2) is 32.7 Å². The summed E-state index contributed by atoms with van der Waals surface area (Å²) >= 11 is 17.5. The van der Waals surface area contributed by atoms with E-state index in [-0.39, 0.29) is 22.2 Å². The monoisotopic (exact) mass is 645 g/mol. The van der Waals surface area contributed by atoms with Gasteiger partial charge in [-0.2, -0.15) is 13.2 Å². The molecule has 0 atom stereocenters. The van der Waals surface area contributed by atoms with E-state index in [1.54, 1.807) is 33.8 Å². The van der Waals surface area contributed by atoms with Gasteiger partial charge < -0.3 is 10.1 Å². The van der Waals surface area contributed by atoms with Gasteiger partial charge in [0.15, 0.2) is 0 Å². The van der Waals surface area contributed by atoms with Gasteiger partial charge in [-0.15, -0.1) is 6.42 Å². The Morgan fingerprint density at radius 3 is 2.07 bits per heavy atom. The van der Waals surface area contributed by atoms with Crippen LogP contribution in [0.4, 0.5) is 13.2 Å². The summed E-state index contributed by atoms with van der Waals surface area (Å²) in [6, 6.07) is 8.55. The first kappa shape index (κ1) is 34.5. The first-order valence-electron chi connectivity index (χ1n) is 11.9. The maximum atomic E-state index is 12.9. The van der Waals surface area contributed by atoms with Crippen LogP contribution in [0.15, 0.2) is 52.1 Å². The molecule has 0 saturated carbocycles. The maximum absolute atomic E-state index is 12.9. The molecule has 3 aromatic rings. The standard InChI is InChI=1S/C16H14ClF3N2O4.C12H11Cl2NO/c1-8(2)26-14(24)10-6-9(4-5-11(10)17)22-13(23)7-12(16(18,19)20)21(3)15(22)25;1-4-12(2,3)15-11(16)8-5-9(13)7-10(14)6-8/h4-8H,1-3H3;1,5-7H,2-3H3,(H,15,16). The van der Waals surface area contributed by atoms with Gasteiger partial charge in [-0.05, 0) is 64.1 Å². The Morgan fingerprint density at radius 2 is 1.57 bits per heavy atom. The minimum atomic E-state index is -4.86. The van der Waals surface area contributed by atoms with Crippen LogP contribution in [0.2, 0.25) is 15.1 Å². The van der Waals surface area contributed by atoms with Crippen molar-refractivity contribution in [2.45, 2.75) is 45.5 Å². The molecule has 0 spiro atoms. The molecule has 14 heteroatoms. The third-order valence-corrected chi connectivity index (χ3v) is 6.06. The first-order valence-corrected chi connectivity index (χ1v) is 13.1. The summed E-state index contributed by atoms with van der Waals surface area (Å²) in [5.41, 5.74) is -4.32. The highest BCUT2D eigenvalue weighted by molar-refractivity contribution is 6.35. The van der Waals surface area contributed by atoms with Gasteiger partial charge in [0.1, 0.15) is 5.69 Å². The molecule has 1 aromatic heterocycles. The number of nitrogens with zero attached hydrogens (tertiary/aromatic N) is 2. The van der Waals surface area contributed by atoms with Gasteiger partial charge in [-0.3, -0.25) is 14.2 Å². The molecule has 0 aliphatic rings. The Balaban J connectivity index is 0.000000330. The van der Waals surface area contributed by atoms with Gasteiger partial charge in [0.2, 0.25) is 0 Å². The molecule has 2 aromatic carbocycles. The Bertz CT molecular complexity index is 1650. The number of ether oxygens (including phenoxy) is 1. The summed E-state index contributed by atoms with van der Waals surface area (Å²) in [7, 11) is 0.894. The van der Waals surface area contributed by atoms with Crippen LogP contribution >= 0.6 is 34.8 Å². The average molecular weight is 647 g/mol. The lowest BCUT2D eigenvalue weighted by atomic mass is 10.1.